The summed E-state index contributed by atoms with van der Waals surface area (Å²) >= 11 is 6.29. The number of anilines is 1. The lowest BCUT2D eigenvalue weighted by atomic mass is 10.1. The van der Waals surface area contributed by atoms with E-state index in [4.69, 9.17) is 21.1 Å². The number of carbonyl (C=O) groups is 1. The number of hydrogen-bond donors (Lipinski definition) is 1. The highest BCUT2D eigenvalue weighted by molar-refractivity contribution is 6.32. The maximum Gasteiger partial charge on any atom is 0.229 e. The Kier molecular flexibility index (Phi) is 5.44. The molecule has 3 aromatic rings. The molecule has 2 heterocycles. The Hall–Kier alpha value is -3.05. The van der Waals surface area contributed by atoms with Crippen molar-refractivity contribution in [2.75, 3.05) is 18.5 Å². The number of carbonyl (C=O) groups excluding carboxylic acids is 1. The van der Waals surface area contributed by atoms with Crippen LogP contribution >= 0.6 is 11.6 Å². The van der Waals surface area contributed by atoms with Gasteiger partial charge in [-0.3, -0.25) is 4.79 Å². The number of pyridine rings is 1. The van der Waals surface area contributed by atoms with Gasteiger partial charge in [0.15, 0.2) is 11.5 Å². The summed E-state index contributed by atoms with van der Waals surface area (Å²) in [6, 6.07) is 17.2. The lowest BCUT2D eigenvalue weighted by Gasteiger charge is -2.11. The van der Waals surface area contributed by atoms with Crippen LogP contribution in [0.1, 0.15) is 12.0 Å². The molecule has 0 spiro atoms. The zero-order chi connectivity index (χ0) is 19.3. The average Bonchev–Trinajstić information content (AvgIpc) is 2.95. The number of rotatable bonds is 4. The van der Waals surface area contributed by atoms with Crippen molar-refractivity contribution in [1.29, 1.82) is 0 Å². The zero-order valence-corrected chi connectivity index (χ0v) is 15.9. The van der Waals surface area contributed by atoms with Crippen molar-refractivity contribution in [2.45, 2.75) is 12.8 Å². The fraction of sp³-hybridized carbons (Fsp3) is 0.182. The summed E-state index contributed by atoms with van der Waals surface area (Å²) in [5.41, 5.74) is 2.83. The maximum atomic E-state index is 12.4. The van der Waals surface area contributed by atoms with Crippen LogP contribution in [0.5, 0.6) is 11.5 Å². The van der Waals surface area contributed by atoms with E-state index in [1.807, 2.05) is 36.4 Å². The molecule has 5 nitrogen and oxygen atoms in total. The van der Waals surface area contributed by atoms with Gasteiger partial charge in [0.2, 0.25) is 5.91 Å². The lowest BCUT2D eigenvalue weighted by Crippen LogP contribution is -2.15. The molecule has 0 bridgehead atoms. The first-order valence-electron chi connectivity index (χ1n) is 9.08. The summed E-state index contributed by atoms with van der Waals surface area (Å²) in [7, 11) is 0. The minimum absolute atomic E-state index is 0.165. The van der Waals surface area contributed by atoms with Crippen molar-refractivity contribution < 1.29 is 14.3 Å². The lowest BCUT2D eigenvalue weighted by molar-refractivity contribution is -0.115. The molecular formula is C22H19ClN2O3. The number of fused-ring (bicyclic) bond motifs is 1. The fourth-order valence-electron chi connectivity index (χ4n) is 3.03. The van der Waals surface area contributed by atoms with Crippen molar-refractivity contribution in [3.63, 3.8) is 0 Å². The molecule has 0 radical (unpaired) electrons. The third kappa shape index (κ3) is 4.26. The van der Waals surface area contributed by atoms with Crippen LogP contribution in [0, 0.1) is 0 Å². The number of aromatic nitrogens is 1. The topological polar surface area (TPSA) is 60.5 Å². The van der Waals surface area contributed by atoms with Gasteiger partial charge in [-0.05, 0) is 35.4 Å². The van der Waals surface area contributed by atoms with Gasteiger partial charge >= 0.3 is 0 Å². The number of amides is 1. The van der Waals surface area contributed by atoms with Gasteiger partial charge in [-0.25, -0.2) is 4.98 Å². The van der Waals surface area contributed by atoms with Crippen LogP contribution in [0.3, 0.4) is 0 Å². The molecule has 0 fully saturated rings. The Morgan fingerprint density at radius 3 is 2.64 bits per heavy atom. The van der Waals surface area contributed by atoms with Crippen LogP contribution in [-0.4, -0.2) is 24.1 Å². The van der Waals surface area contributed by atoms with Gasteiger partial charge < -0.3 is 14.8 Å². The first kappa shape index (κ1) is 18.3. The summed E-state index contributed by atoms with van der Waals surface area (Å²) in [6.07, 6.45) is 2.71. The van der Waals surface area contributed by atoms with E-state index in [2.05, 4.69) is 10.3 Å². The van der Waals surface area contributed by atoms with E-state index < -0.39 is 0 Å². The molecule has 0 atom stereocenters. The molecule has 1 amide bonds. The van der Waals surface area contributed by atoms with E-state index in [1.165, 1.54) is 0 Å². The number of hydrogen-bond acceptors (Lipinski definition) is 4. The molecular weight excluding hydrogens is 376 g/mol. The molecule has 6 heteroatoms. The molecule has 28 heavy (non-hydrogen) atoms. The number of benzene rings is 2. The zero-order valence-electron chi connectivity index (χ0n) is 15.2. The second-order valence-corrected chi connectivity index (χ2v) is 6.89. The summed E-state index contributed by atoms with van der Waals surface area (Å²) < 4.78 is 11.3. The van der Waals surface area contributed by atoms with Crippen LogP contribution < -0.4 is 14.8 Å². The summed E-state index contributed by atoms with van der Waals surface area (Å²) in [6.45, 7) is 1.13. The Bertz CT molecular complexity index is 975. The predicted molar refractivity (Wildman–Crippen MR) is 109 cm³/mol. The Labute approximate surface area is 168 Å². The Morgan fingerprint density at radius 2 is 1.86 bits per heavy atom. The highest BCUT2D eigenvalue weighted by Crippen LogP contribution is 2.38. The number of nitrogens with zero attached hydrogens (tertiary/aromatic N) is 1. The molecule has 0 saturated heterocycles. The summed E-state index contributed by atoms with van der Waals surface area (Å²) in [5.74, 6) is 1.45. The Balaban J connectivity index is 1.43. The standard InChI is InChI=1S/C22H19ClN2O3/c23-18-11-15(12-19-22(18)28-10-4-9-27-19)13-21(26)25-20-8-7-17(14-24-20)16-5-2-1-3-6-16/h1-3,5-8,11-12,14H,4,9-10,13H2,(H,24,25,26). The van der Waals surface area contributed by atoms with Crippen molar-refractivity contribution in [3.05, 3.63) is 71.4 Å². The molecule has 4 rings (SSSR count). The number of nitrogens with one attached hydrogen (secondary N) is 1. The van der Waals surface area contributed by atoms with Gasteiger partial charge in [-0.15, -0.1) is 0 Å². The molecule has 1 N–H and O–H groups in total. The SMILES string of the molecule is O=C(Cc1cc(Cl)c2c(c1)OCCCO2)Nc1ccc(-c2ccccc2)cn1. The molecule has 0 unspecified atom stereocenters. The third-order valence-corrected chi connectivity index (χ3v) is 4.65. The highest BCUT2D eigenvalue weighted by Gasteiger charge is 2.17. The average molecular weight is 395 g/mol. The van der Waals surface area contributed by atoms with Crippen LogP contribution in [-0.2, 0) is 11.2 Å². The normalized spacial score (nSPS) is 12.9. The monoisotopic (exact) mass is 394 g/mol. The molecule has 1 aliphatic rings. The van der Waals surface area contributed by atoms with E-state index in [0.717, 1.165) is 23.1 Å². The second kappa shape index (κ2) is 8.31. The summed E-state index contributed by atoms with van der Waals surface area (Å²) in [4.78, 5) is 16.8. The van der Waals surface area contributed by atoms with Gasteiger partial charge in [0, 0.05) is 18.2 Å². The van der Waals surface area contributed by atoms with Gasteiger partial charge in [-0.2, -0.15) is 0 Å². The van der Waals surface area contributed by atoms with E-state index in [9.17, 15) is 4.79 Å². The molecule has 142 valence electrons. The molecule has 1 aliphatic heterocycles. The first-order chi connectivity index (χ1) is 13.7. The highest BCUT2D eigenvalue weighted by atomic mass is 35.5. The predicted octanol–water partition coefficient (Wildman–Crippen LogP) is 4.74. The van der Waals surface area contributed by atoms with Crippen LogP contribution in [0.25, 0.3) is 11.1 Å². The van der Waals surface area contributed by atoms with Crippen LogP contribution in [0.15, 0.2) is 60.8 Å². The van der Waals surface area contributed by atoms with Gasteiger partial charge in [0.25, 0.3) is 0 Å². The van der Waals surface area contributed by atoms with Crippen LogP contribution in [0.2, 0.25) is 5.02 Å². The minimum Gasteiger partial charge on any atom is -0.489 e. The molecule has 0 aliphatic carbocycles. The van der Waals surface area contributed by atoms with Crippen molar-refractivity contribution in [1.82, 2.24) is 4.98 Å². The number of ether oxygens (including phenoxy) is 2. The van der Waals surface area contributed by atoms with Crippen molar-refractivity contribution >= 4 is 23.3 Å². The van der Waals surface area contributed by atoms with E-state index in [0.29, 0.717) is 35.6 Å². The van der Waals surface area contributed by atoms with E-state index in [1.54, 1.807) is 24.4 Å². The quantitative estimate of drug-likeness (QED) is 0.694. The van der Waals surface area contributed by atoms with Gasteiger partial charge in [0.05, 0.1) is 24.7 Å². The fourth-order valence-corrected chi connectivity index (χ4v) is 3.32. The molecule has 0 saturated carbocycles. The first-order valence-corrected chi connectivity index (χ1v) is 9.46. The van der Waals surface area contributed by atoms with Crippen molar-refractivity contribution in [3.8, 4) is 22.6 Å². The van der Waals surface area contributed by atoms with Gasteiger partial charge in [-0.1, -0.05) is 41.9 Å². The van der Waals surface area contributed by atoms with Crippen molar-refractivity contribution in [2.24, 2.45) is 0 Å². The second-order valence-electron chi connectivity index (χ2n) is 6.48. The smallest absolute Gasteiger partial charge is 0.229 e. The van der Waals surface area contributed by atoms with Crippen LogP contribution in [0.4, 0.5) is 5.82 Å². The Morgan fingerprint density at radius 1 is 1.04 bits per heavy atom. The maximum absolute atomic E-state index is 12.4. The van der Waals surface area contributed by atoms with E-state index >= 15 is 0 Å². The van der Waals surface area contributed by atoms with E-state index in [-0.39, 0.29) is 12.3 Å². The molecule has 2 aromatic carbocycles. The van der Waals surface area contributed by atoms with Gasteiger partial charge in [0.1, 0.15) is 5.82 Å². The minimum atomic E-state index is -0.175. The number of halogens is 1. The third-order valence-electron chi connectivity index (χ3n) is 4.36. The summed E-state index contributed by atoms with van der Waals surface area (Å²) in [5, 5.41) is 3.27. The molecule has 1 aromatic heterocycles. The largest absolute Gasteiger partial charge is 0.489 e.